The van der Waals surface area contributed by atoms with Crippen LogP contribution in [0.25, 0.3) is 11.3 Å². The molecule has 1 aromatic heterocycles. The maximum Gasteiger partial charge on any atom is 0.134 e. The predicted octanol–water partition coefficient (Wildman–Crippen LogP) is 5.93. The van der Waals surface area contributed by atoms with E-state index in [4.69, 9.17) is 4.42 Å². The topological polar surface area (TPSA) is 25.2 Å². The van der Waals surface area contributed by atoms with Crippen LogP contribution in [0.4, 0.5) is 0 Å². The van der Waals surface area contributed by atoms with E-state index in [0.717, 1.165) is 57.8 Å². The highest BCUT2D eigenvalue weighted by Gasteiger charge is 2.47. The Labute approximate surface area is 158 Å². The Morgan fingerprint density at radius 3 is 2.40 bits per heavy atom. The van der Waals surface area contributed by atoms with Gasteiger partial charge in [-0.2, -0.15) is 0 Å². The molecule has 2 aromatic rings. The van der Waals surface area contributed by atoms with Gasteiger partial charge in [0.05, 0.1) is 6.54 Å². The van der Waals surface area contributed by atoms with Crippen molar-refractivity contribution in [2.24, 2.45) is 23.7 Å². The molecule has 25 heavy (non-hydrogen) atoms. The van der Waals surface area contributed by atoms with Crippen LogP contribution in [0, 0.1) is 30.6 Å². The zero-order valence-corrected chi connectivity index (χ0v) is 16.4. The van der Waals surface area contributed by atoms with E-state index in [9.17, 15) is 0 Å². The number of hydrogen-bond donors (Lipinski definition) is 1. The monoisotopic (exact) mass is 399 g/mol. The van der Waals surface area contributed by atoms with Crippen molar-refractivity contribution < 1.29 is 4.42 Å². The average molecular weight is 400 g/mol. The maximum absolute atomic E-state index is 6.13. The minimum Gasteiger partial charge on any atom is -0.460 e. The first kappa shape index (κ1) is 16.1. The molecule has 0 spiro atoms. The standard InChI is InChI=1S/C22H26BrNO/c1-13-6-16(2-4-20(13)23)21-5-3-19(25-21)12-24-22-17-8-14-7-15(10-17)11-18(22)9-14/h2-6,14-15,17-18,22,24H,7-12H2,1H3. The summed E-state index contributed by atoms with van der Waals surface area (Å²) in [7, 11) is 0. The molecule has 0 unspecified atom stereocenters. The molecule has 4 bridgehead atoms. The van der Waals surface area contributed by atoms with Crippen LogP contribution >= 0.6 is 15.9 Å². The lowest BCUT2D eigenvalue weighted by molar-refractivity contribution is -0.0147. The third kappa shape index (κ3) is 3.00. The summed E-state index contributed by atoms with van der Waals surface area (Å²) < 4.78 is 7.27. The van der Waals surface area contributed by atoms with Crippen molar-refractivity contribution in [2.45, 2.75) is 51.6 Å². The number of furan rings is 1. The molecule has 0 atom stereocenters. The zero-order chi connectivity index (χ0) is 17.0. The zero-order valence-electron chi connectivity index (χ0n) is 14.8. The van der Waals surface area contributed by atoms with E-state index < -0.39 is 0 Å². The van der Waals surface area contributed by atoms with Gasteiger partial charge >= 0.3 is 0 Å². The number of nitrogens with one attached hydrogen (secondary N) is 1. The summed E-state index contributed by atoms with van der Waals surface area (Å²) in [5, 5.41) is 3.87. The minimum atomic E-state index is 0.719. The quantitative estimate of drug-likeness (QED) is 0.688. The van der Waals surface area contributed by atoms with Crippen LogP contribution in [0.5, 0.6) is 0 Å². The minimum absolute atomic E-state index is 0.719. The fraction of sp³-hybridized carbons (Fsp3) is 0.545. The lowest BCUT2D eigenvalue weighted by Gasteiger charge is -2.54. The van der Waals surface area contributed by atoms with Crippen molar-refractivity contribution in [1.82, 2.24) is 5.32 Å². The van der Waals surface area contributed by atoms with E-state index in [1.54, 1.807) is 0 Å². The number of halogens is 1. The Morgan fingerprint density at radius 2 is 1.72 bits per heavy atom. The Balaban J connectivity index is 1.26. The lowest BCUT2D eigenvalue weighted by atomic mass is 9.54. The molecule has 0 saturated heterocycles. The smallest absolute Gasteiger partial charge is 0.134 e. The molecule has 4 aliphatic carbocycles. The Hall–Kier alpha value is -1.06. The molecule has 0 amide bonds. The molecule has 132 valence electrons. The molecule has 6 rings (SSSR count). The van der Waals surface area contributed by atoms with Gasteiger partial charge < -0.3 is 9.73 Å². The molecular weight excluding hydrogens is 374 g/mol. The van der Waals surface area contributed by atoms with E-state index in [2.05, 4.69) is 58.5 Å². The van der Waals surface area contributed by atoms with Gasteiger partial charge in [0.25, 0.3) is 0 Å². The molecule has 4 saturated carbocycles. The van der Waals surface area contributed by atoms with Crippen LogP contribution in [0.2, 0.25) is 0 Å². The second-order valence-corrected chi connectivity index (χ2v) is 9.42. The maximum atomic E-state index is 6.13. The van der Waals surface area contributed by atoms with Gasteiger partial charge in [-0.3, -0.25) is 0 Å². The Morgan fingerprint density at radius 1 is 1.00 bits per heavy atom. The molecule has 3 heteroatoms. The molecule has 1 heterocycles. The van der Waals surface area contributed by atoms with Gasteiger partial charge in [-0.25, -0.2) is 0 Å². The van der Waals surface area contributed by atoms with Gasteiger partial charge in [0.1, 0.15) is 11.5 Å². The largest absolute Gasteiger partial charge is 0.460 e. The van der Waals surface area contributed by atoms with Crippen LogP contribution in [-0.2, 0) is 6.54 Å². The van der Waals surface area contributed by atoms with E-state index in [1.807, 2.05) is 0 Å². The Kier molecular flexibility index (Phi) is 4.05. The first-order valence-electron chi connectivity index (χ1n) is 9.74. The van der Waals surface area contributed by atoms with Crippen LogP contribution in [0.15, 0.2) is 39.2 Å². The highest BCUT2D eigenvalue weighted by molar-refractivity contribution is 9.10. The van der Waals surface area contributed by atoms with E-state index in [-0.39, 0.29) is 0 Å². The summed E-state index contributed by atoms with van der Waals surface area (Å²) >= 11 is 3.57. The summed E-state index contributed by atoms with van der Waals surface area (Å²) in [5.41, 5.74) is 2.39. The normalized spacial score (nSPS) is 33.1. The first-order chi connectivity index (χ1) is 12.2. The third-order valence-electron chi connectivity index (χ3n) is 6.84. The van der Waals surface area contributed by atoms with Crippen molar-refractivity contribution in [2.75, 3.05) is 0 Å². The third-order valence-corrected chi connectivity index (χ3v) is 7.73. The average Bonchev–Trinajstić information content (AvgIpc) is 3.05. The van der Waals surface area contributed by atoms with Crippen LogP contribution in [0.1, 0.15) is 43.4 Å². The number of rotatable bonds is 4. The fourth-order valence-electron chi connectivity index (χ4n) is 5.90. The predicted molar refractivity (Wildman–Crippen MR) is 104 cm³/mol. The van der Waals surface area contributed by atoms with Crippen LogP contribution in [0.3, 0.4) is 0 Å². The van der Waals surface area contributed by atoms with Gasteiger partial charge in [0, 0.05) is 16.1 Å². The van der Waals surface area contributed by atoms with E-state index in [1.165, 1.54) is 37.7 Å². The molecule has 4 fully saturated rings. The van der Waals surface area contributed by atoms with Gasteiger partial charge in [-0.1, -0.05) is 22.0 Å². The molecular formula is C22H26BrNO. The summed E-state index contributed by atoms with van der Waals surface area (Å²) in [4.78, 5) is 0. The van der Waals surface area contributed by atoms with E-state index >= 15 is 0 Å². The SMILES string of the molecule is Cc1cc(-c2ccc(CNC3C4CC5CC(C4)CC3C5)o2)ccc1Br. The van der Waals surface area contributed by atoms with Gasteiger partial charge in [0.2, 0.25) is 0 Å². The molecule has 4 aliphatic rings. The van der Waals surface area contributed by atoms with Crippen LogP contribution in [-0.4, -0.2) is 6.04 Å². The molecule has 1 aromatic carbocycles. The van der Waals surface area contributed by atoms with Crippen molar-refractivity contribution in [3.63, 3.8) is 0 Å². The van der Waals surface area contributed by atoms with Gasteiger partial charge in [-0.05, 0) is 92.5 Å². The summed E-state index contributed by atoms with van der Waals surface area (Å²) in [5.74, 6) is 5.94. The number of aryl methyl sites for hydroxylation is 1. The van der Waals surface area contributed by atoms with Crippen molar-refractivity contribution in [3.8, 4) is 11.3 Å². The first-order valence-corrected chi connectivity index (χ1v) is 10.5. The summed E-state index contributed by atoms with van der Waals surface area (Å²) in [6.07, 6.45) is 7.38. The number of benzene rings is 1. The second kappa shape index (κ2) is 6.28. The van der Waals surface area contributed by atoms with Gasteiger partial charge in [-0.15, -0.1) is 0 Å². The highest BCUT2D eigenvalue weighted by Crippen LogP contribution is 2.53. The molecule has 1 N–H and O–H groups in total. The molecule has 0 aliphatic heterocycles. The number of hydrogen-bond acceptors (Lipinski definition) is 2. The second-order valence-electron chi connectivity index (χ2n) is 8.57. The van der Waals surface area contributed by atoms with Crippen molar-refractivity contribution in [1.29, 1.82) is 0 Å². The summed E-state index contributed by atoms with van der Waals surface area (Å²) in [6, 6.07) is 11.4. The fourth-order valence-corrected chi connectivity index (χ4v) is 6.15. The lowest BCUT2D eigenvalue weighted by Crippen LogP contribution is -2.54. The van der Waals surface area contributed by atoms with Crippen molar-refractivity contribution in [3.05, 3.63) is 46.1 Å². The Bertz CT molecular complexity index is 752. The summed E-state index contributed by atoms with van der Waals surface area (Å²) in [6.45, 7) is 2.98. The highest BCUT2D eigenvalue weighted by atomic mass is 79.9. The van der Waals surface area contributed by atoms with Gasteiger partial charge in [0.15, 0.2) is 0 Å². The molecule has 2 nitrogen and oxygen atoms in total. The van der Waals surface area contributed by atoms with Crippen molar-refractivity contribution >= 4 is 15.9 Å². The van der Waals surface area contributed by atoms with Crippen LogP contribution < -0.4 is 5.32 Å². The van der Waals surface area contributed by atoms with E-state index in [0.29, 0.717) is 0 Å². The molecule has 0 radical (unpaired) electrons.